The van der Waals surface area contributed by atoms with Crippen molar-refractivity contribution in [2.75, 3.05) is 0 Å². The number of esters is 1. The second kappa shape index (κ2) is 8.23. The van der Waals surface area contributed by atoms with E-state index >= 15 is 0 Å². The SMILES string of the molecule is C=CC(=O)O.CC(=O)OCc1ccccc1. The third-order valence-corrected chi connectivity index (χ3v) is 1.46. The fraction of sp³-hybridized carbons (Fsp3) is 0.167. The Morgan fingerprint density at radius 3 is 2.25 bits per heavy atom. The molecular weight excluding hydrogens is 208 g/mol. The first kappa shape index (κ1) is 13.9. The molecule has 0 amide bonds. The van der Waals surface area contributed by atoms with Crippen molar-refractivity contribution in [1.82, 2.24) is 0 Å². The Balaban J connectivity index is 0.000000385. The normalized spacial score (nSPS) is 8.31. The van der Waals surface area contributed by atoms with Crippen LogP contribution in [0.3, 0.4) is 0 Å². The molecule has 0 aliphatic rings. The lowest BCUT2D eigenvalue weighted by atomic mass is 10.2. The number of hydrogen-bond donors (Lipinski definition) is 1. The average molecular weight is 222 g/mol. The molecule has 0 saturated carbocycles. The fourth-order valence-electron chi connectivity index (χ4n) is 0.759. The second-order valence-corrected chi connectivity index (χ2v) is 2.81. The lowest BCUT2D eigenvalue weighted by Crippen LogP contribution is -1.97. The highest BCUT2D eigenvalue weighted by Crippen LogP contribution is 1.99. The first-order valence-electron chi connectivity index (χ1n) is 4.59. The average Bonchev–Trinajstić information content (AvgIpc) is 2.28. The van der Waals surface area contributed by atoms with Gasteiger partial charge in [-0.3, -0.25) is 4.79 Å². The van der Waals surface area contributed by atoms with Gasteiger partial charge in [-0.2, -0.15) is 0 Å². The molecule has 1 N–H and O–H groups in total. The predicted octanol–water partition coefficient (Wildman–Crippen LogP) is 2.01. The number of rotatable bonds is 3. The number of carboxylic acids is 1. The Morgan fingerprint density at radius 1 is 1.38 bits per heavy atom. The summed E-state index contributed by atoms with van der Waals surface area (Å²) in [4.78, 5) is 19.6. The number of hydrogen-bond acceptors (Lipinski definition) is 3. The van der Waals surface area contributed by atoms with Crippen LogP contribution in [0.1, 0.15) is 12.5 Å². The zero-order valence-electron chi connectivity index (χ0n) is 9.05. The van der Waals surface area contributed by atoms with Crippen molar-refractivity contribution < 1.29 is 19.4 Å². The summed E-state index contributed by atoms with van der Waals surface area (Å²) >= 11 is 0. The van der Waals surface area contributed by atoms with E-state index in [0.717, 1.165) is 11.6 Å². The minimum atomic E-state index is -0.981. The van der Waals surface area contributed by atoms with Gasteiger partial charge in [-0.25, -0.2) is 4.79 Å². The molecule has 1 aromatic carbocycles. The van der Waals surface area contributed by atoms with Crippen molar-refractivity contribution in [3.05, 3.63) is 48.6 Å². The Kier molecular flexibility index (Phi) is 7.15. The predicted molar refractivity (Wildman–Crippen MR) is 59.7 cm³/mol. The summed E-state index contributed by atoms with van der Waals surface area (Å²) in [5.41, 5.74) is 1.02. The Morgan fingerprint density at radius 2 is 1.88 bits per heavy atom. The number of carbonyl (C=O) groups excluding carboxylic acids is 1. The highest BCUT2D eigenvalue weighted by Gasteiger charge is 1.93. The Labute approximate surface area is 94.2 Å². The summed E-state index contributed by atoms with van der Waals surface area (Å²) in [7, 11) is 0. The maximum atomic E-state index is 10.4. The van der Waals surface area contributed by atoms with Crippen LogP contribution < -0.4 is 0 Å². The van der Waals surface area contributed by atoms with Gasteiger partial charge in [0.2, 0.25) is 0 Å². The van der Waals surface area contributed by atoms with E-state index in [1.807, 2.05) is 30.3 Å². The highest BCUT2D eigenvalue weighted by atomic mass is 16.5. The van der Waals surface area contributed by atoms with Gasteiger partial charge in [0.05, 0.1) is 0 Å². The second-order valence-electron chi connectivity index (χ2n) is 2.81. The van der Waals surface area contributed by atoms with Crippen LogP contribution in [0.5, 0.6) is 0 Å². The number of ether oxygens (including phenoxy) is 1. The zero-order valence-corrected chi connectivity index (χ0v) is 9.05. The van der Waals surface area contributed by atoms with Crippen molar-refractivity contribution in [1.29, 1.82) is 0 Å². The van der Waals surface area contributed by atoms with Gasteiger partial charge in [0.25, 0.3) is 0 Å². The van der Waals surface area contributed by atoms with E-state index in [1.165, 1.54) is 6.92 Å². The zero-order chi connectivity index (χ0) is 12.4. The summed E-state index contributed by atoms with van der Waals surface area (Å²) in [6.07, 6.45) is 0.833. The van der Waals surface area contributed by atoms with Gasteiger partial charge < -0.3 is 9.84 Å². The molecule has 1 rings (SSSR count). The summed E-state index contributed by atoms with van der Waals surface area (Å²) in [5, 5.41) is 7.60. The monoisotopic (exact) mass is 222 g/mol. The number of carbonyl (C=O) groups is 2. The molecule has 4 nitrogen and oxygen atoms in total. The quantitative estimate of drug-likeness (QED) is 0.627. The third kappa shape index (κ3) is 8.50. The maximum absolute atomic E-state index is 10.4. The van der Waals surface area contributed by atoms with Crippen LogP contribution in [0.2, 0.25) is 0 Å². The smallest absolute Gasteiger partial charge is 0.327 e. The first-order chi connectivity index (χ1) is 7.56. The summed E-state index contributed by atoms with van der Waals surface area (Å²) in [5.74, 6) is -1.22. The van der Waals surface area contributed by atoms with Crippen LogP contribution in [-0.2, 0) is 20.9 Å². The molecule has 0 unspecified atom stereocenters. The lowest BCUT2D eigenvalue weighted by Gasteiger charge is -1.99. The van der Waals surface area contributed by atoms with E-state index in [4.69, 9.17) is 9.84 Å². The van der Waals surface area contributed by atoms with E-state index in [9.17, 15) is 9.59 Å². The van der Waals surface area contributed by atoms with E-state index in [1.54, 1.807) is 0 Å². The molecule has 0 bridgehead atoms. The molecule has 0 aromatic heterocycles. The molecule has 0 aliphatic carbocycles. The molecule has 1 aromatic rings. The van der Waals surface area contributed by atoms with Gasteiger partial charge in [-0.05, 0) is 5.56 Å². The van der Waals surface area contributed by atoms with Gasteiger partial charge in [0.1, 0.15) is 6.61 Å². The van der Waals surface area contributed by atoms with Crippen LogP contribution >= 0.6 is 0 Å². The van der Waals surface area contributed by atoms with Gasteiger partial charge in [-0.1, -0.05) is 36.9 Å². The van der Waals surface area contributed by atoms with Gasteiger partial charge >= 0.3 is 11.9 Å². The topological polar surface area (TPSA) is 63.6 Å². The summed E-state index contributed by atoms with van der Waals surface area (Å²) in [6, 6.07) is 9.60. The molecule has 86 valence electrons. The molecule has 0 heterocycles. The molecule has 0 fully saturated rings. The minimum Gasteiger partial charge on any atom is -0.478 e. The van der Waals surface area contributed by atoms with Crippen LogP contribution in [-0.4, -0.2) is 17.0 Å². The van der Waals surface area contributed by atoms with E-state index in [2.05, 4.69) is 6.58 Å². The van der Waals surface area contributed by atoms with Crippen molar-refractivity contribution in [2.24, 2.45) is 0 Å². The molecule has 0 spiro atoms. The highest BCUT2D eigenvalue weighted by molar-refractivity contribution is 5.78. The van der Waals surface area contributed by atoms with Crippen molar-refractivity contribution >= 4 is 11.9 Å². The Bertz CT molecular complexity index is 343. The molecular formula is C12H14O4. The van der Waals surface area contributed by atoms with Crippen molar-refractivity contribution in [3.8, 4) is 0 Å². The molecule has 0 radical (unpaired) electrons. The van der Waals surface area contributed by atoms with Crippen molar-refractivity contribution in [2.45, 2.75) is 13.5 Å². The van der Waals surface area contributed by atoms with Crippen LogP contribution in [0.4, 0.5) is 0 Å². The van der Waals surface area contributed by atoms with Crippen LogP contribution in [0.15, 0.2) is 43.0 Å². The first-order valence-corrected chi connectivity index (χ1v) is 4.59. The largest absolute Gasteiger partial charge is 0.478 e. The molecule has 0 atom stereocenters. The standard InChI is InChI=1S/C9H10O2.C3H4O2/c1-8(10)11-7-9-5-3-2-4-6-9;1-2-3(4)5/h2-6H,7H2,1H3;2H,1H2,(H,4,5). The molecule has 16 heavy (non-hydrogen) atoms. The lowest BCUT2D eigenvalue weighted by molar-refractivity contribution is -0.142. The van der Waals surface area contributed by atoms with E-state index < -0.39 is 5.97 Å². The van der Waals surface area contributed by atoms with E-state index in [0.29, 0.717) is 6.61 Å². The van der Waals surface area contributed by atoms with Crippen molar-refractivity contribution in [3.63, 3.8) is 0 Å². The summed E-state index contributed by atoms with van der Waals surface area (Å²) in [6.45, 7) is 4.74. The Hall–Kier alpha value is -2.10. The molecule has 0 aliphatic heterocycles. The fourth-order valence-corrected chi connectivity index (χ4v) is 0.759. The van der Waals surface area contributed by atoms with Gasteiger partial charge in [0.15, 0.2) is 0 Å². The van der Waals surface area contributed by atoms with Crippen LogP contribution in [0.25, 0.3) is 0 Å². The number of aliphatic carboxylic acids is 1. The minimum absolute atomic E-state index is 0.242. The summed E-state index contributed by atoms with van der Waals surface area (Å²) < 4.78 is 4.79. The molecule has 4 heteroatoms. The van der Waals surface area contributed by atoms with E-state index in [-0.39, 0.29) is 5.97 Å². The van der Waals surface area contributed by atoms with Gasteiger partial charge in [0, 0.05) is 13.0 Å². The van der Waals surface area contributed by atoms with Gasteiger partial charge in [-0.15, -0.1) is 0 Å². The van der Waals surface area contributed by atoms with Crippen LogP contribution in [0, 0.1) is 0 Å². The molecule has 0 saturated heterocycles. The maximum Gasteiger partial charge on any atom is 0.327 e. The third-order valence-electron chi connectivity index (χ3n) is 1.46. The number of benzene rings is 1. The number of carboxylic acid groups (broad SMARTS) is 1.